The molecule has 2 amide bonds. The molecule has 0 bridgehead atoms. The van der Waals surface area contributed by atoms with Crippen molar-refractivity contribution in [2.75, 3.05) is 26.8 Å². The Morgan fingerprint density at radius 2 is 2.08 bits per heavy atom. The Kier molecular flexibility index (Phi) is 7.00. The maximum Gasteiger partial charge on any atom is 0.308 e. The zero-order chi connectivity index (χ0) is 19.1. The third-order valence-electron chi connectivity index (χ3n) is 4.65. The second-order valence-electron chi connectivity index (χ2n) is 6.31. The molecule has 2 rings (SSSR count). The van der Waals surface area contributed by atoms with E-state index < -0.39 is 12.0 Å². The van der Waals surface area contributed by atoms with Crippen LogP contribution in [0.1, 0.15) is 38.2 Å². The number of benzene rings is 1. The number of amides is 2. The van der Waals surface area contributed by atoms with Crippen molar-refractivity contribution in [3.63, 3.8) is 0 Å². The summed E-state index contributed by atoms with van der Waals surface area (Å²) in [6, 6.07) is 6.76. The minimum atomic E-state index is -0.864. The van der Waals surface area contributed by atoms with Crippen molar-refractivity contribution < 1.29 is 23.9 Å². The van der Waals surface area contributed by atoms with Crippen LogP contribution in [0.25, 0.3) is 0 Å². The van der Waals surface area contributed by atoms with Gasteiger partial charge in [0, 0.05) is 13.1 Å². The molecule has 1 aliphatic rings. The normalized spacial score (nSPS) is 18.0. The van der Waals surface area contributed by atoms with Gasteiger partial charge in [0.05, 0.1) is 13.5 Å². The van der Waals surface area contributed by atoms with Gasteiger partial charge in [0.2, 0.25) is 5.91 Å². The number of hydrogen-bond acceptors (Lipinski definition) is 5. The largest absolute Gasteiger partial charge is 0.483 e. The molecule has 0 aromatic heterocycles. The minimum absolute atomic E-state index is 0.169. The van der Waals surface area contributed by atoms with Crippen molar-refractivity contribution >= 4 is 17.8 Å². The standard InChI is InChI=1S/C19H26N2O5/c1-4-13(2)14-7-5-6-8-16(14)26-12-17(22)21-10-9-20-19(24)15(21)11-18(23)25-3/h5-8,13,15H,4,9-12H2,1-3H3,(H,20,24)/t13-,15-/m0/s1. The summed E-state index contributed by atoms with van der Waals surface area (Å²) in [5, 5.41) is 2.67. The first kappa shape index (κ1) is 19.8. The predicted octanol–water partition coefficient (Wildman–Crippen LogP) is 1.47. The quantitative estimate of drug-likeness (QED) is 0.743. The zero-order valence-corrected chi connectivity index (χ0v) is 15.5. The van der Waals surface area contributed by atoms with Gasteiger partial charge < -0.3 is 19.7 Å². The molecule has 2 atom stereocenters. The van der Waals surface area contributed by atoms with Crippen LogP contribution in [0.4, 0.5) is 0 Å². The lowest BCUT2D eigenvalue weighted by Gasteiger charge is -2.34. The average Bonchev–Trinajstić information content (AvgIpc) is 2.67. The molecule has 1 aromatic rings. The number of carbonyl (C=O) groups excluding carboxylic acids is 3. The lowest BCUT2D eigenvalue weighted by Crippen LogP contribution is -2.58. The number of para-hydroxylation sites is 1. The molecule has 0 unspecified atom stereocenters. The lowest BCUT2D eigenvalue weighted by molar-refractivity contribution is -0.151. The predicted molar refractivity (Wildman–Crippen MR) is 95.8 cm³/mol. The lowest BCUT2D eigenvalue weighted by atomic mass is 9.98. The van der Waals surface area contributed by atoms with Gasteiger partial charge >= 0.3 is 5.97 Å². The molecule has 0 aliphatic carbocycles. The highest BCUT2D eigenvalue weighted by atomic mass is 16.5. The molecule has 0 spiro atoms. The van der Waals surface area contributed by atoms with E-state index in [-0.39, 0.29) is 24.8 Å². The Morgan fingerprint density at radius 1 is 1.35 bits per heavy atom. The molecule has 7 nitrogen and oxygen atoms in total. The van der Waals surface area contributed by atoms with Crippen molar-refractivity contribution in [1.29, 1.82) is 0 Å². The van der Waals surface area contributed by atoms with E-state index in [0.29, 0.717) is 24.8 Å². The Bertz CT molecular complexity index is 661. The van der Waals surface area contributed by atoms with E-state index in [1.54, 1.807) is 0 Å². The topological polar surface area (TPSA) is 84.9 Å². The Balaban J connectivity index is 2.06. The molecule has 7 heteroatoms. The summed E-state index contributed by atoms with van der Waals surface area (Å²) >= 11 is 0. The van der Waals surface area contributed by atoms with Crippen LogP contribution in [0.2, 0.25) is 0 Å². The van der Waals surface area contributed by atoms with Crippen LogP contribution in [0.3, 0.4) is 0 Å². The third kappa shape index (κ3) is 4.74. The van der Waals surface area contributed by atoms with Gasteiger partial charge in [-0.2, -0.15) is 0 Å². The van der Waals surface area contributed by atoms with Crippen molar-refractivity contribution in [1.82, 2.24) is 10.2 Å². The first-order valence-electron chi connectivity index (χ1n) is 8.83. The molecular weight excluding hydrogens is 336 g/mol. The minimum Gasteiger partial charge on any atom is -0.483 e. The molecule has 142 valence electrons. The Hall–Kier alpha value is -2.57. The van der Waals surface area contributed by atoms with Gasteiger partial charge in [0.1, 0.15) is 11.8 Å². The number of methoxy groups -OCH3 is 1. The molecule has 1 N–H and O–H groups in total. The van der Waals surface area contributed by atoms with E-state index in [1.807, 2.05) is 24.3 Å². The summed E-state index contributed by atoms with van der Waals surface area (Å²) in [4.78, 5) is 37.6. The summed E-state index contributed by atoms with van der Waals surface area (Å²) < 4.78 is 10.4. The van der Waals surface area contributed by atoms with Crippen LogP contribution in [0.5, 0.6) is 5.75 Å². The van der Waals surface area contributed by atoms with Crippen LogP contribution < -0.4 is 10.1 Å². The van der Waals surface area contributed by atoms with Crippen LogP contribution in [0.15, 0.2) is 24.3 Å². The van der Waals surface area contributed by atoms with Crippen LogP contribution in [0, 0.1) is 0 Å². The number of carbonyl (C=O) groups is 3. The van der Waals surface area contributed by atoms with Gasteiger partial charge in [-0.25, -0.2) is 0 Å². The smallest absolute Gasteiger partial charge is 0.308 e. The summed E-state index contributed by atoms with van der Waals surface area (Å²) in [6.45, 7) is 4.70. The molecule has 1 heterocycles. The maximum absolute atomic E-state index is 12.6. The first-order chi connectivity index (χ1) is 12.5. The van der Waals surface area contributed by atoms with Crippen molar-refractivity contribution in [3.05, 3.63) is 29.8 Å². The van der Waals surface area contributed by atoms with Crippen molar-refractivity contribution in [2.45, 2.75) is 38.6 Å². The van der Waals surface area contributed by atoms with Gasteiger partial charge in [0.15, 0.2) is 6.61 Å². The molecule has 1 saturated heterocycles. The molecular formula is C19H26N2O5. The van der Waals surface area contributed by atoms with Gasteiger partial charge in [-0.15, -0.1) is 0 Å². The highest BCUT2D eigenvalue weighted by molar-refractivity contribution is 5.92. The zero-order valence-electron chi connectivity index (χ0n) is 15.5. The third-order valence-corrected chi connectivity index (χ3v) is 4.65. The SMILES string of the molecule is CC[C@H](C)c1ccccc1OCC(=O)N1CCNC(=O)[C@@H]1CC(=O)OC. The van der Waals surface area contributed by atoms with Gasteiger partial charge in [-0.3, -0.25) is 14.4 Å². The number of hydrogen-bond donors (Lipinski definition) is 1. The van der Waals surface area contributed by atoms with Crippen molar-refractivity contribution in [3.8, 4) is 5.75 Å². The fourth-order valence-corrected chi connectivity index (χ4v) is 2.92. The van der Waals surface area contributed by atoms with Crippen LogP contribution in [-0.4, -0.2) is 55.5 Å². The summed E-state index contributed by atoms with van der Waals surface area (Å²) in [6.07, 6.45) is 0.791. The second kappa shape index (κ2) is 9.22. The van der Waals surface area contributed by atoms with E-state index in [9.17, 15) is 14.4 Å². The van der Waals surface area contributed by atoms with Gasteiger partial charge in [-0.1, -0.05) is 32.0 Å². The summed E-state index contributed by atoms with van der Waals surface area (Å²) in [5.74, 6) is -0.231. The maximum atomic E-state index is 12.6. The molecule has 0 radical (unpaired) electrons. The van der Waals surface area contributed by atoms with E-state index >= 15 is 0 Å². The van der Waals surface area contributed by atoms with Crippen LogP contribution in [-0.2, 0) is 19.1 Å². The summed E-state index contributed by atoms with van der Waals surface area (Å²) in [5.41, 5.74) is 1.05. The molecule has 1 aliphatic heterocycles. The summed E-state index contributed by atoms with van der Waals surface area (Å²) in [7, 11) is 1.25. The first-order valence-corrected chi connectivity index (χ1v) is 8.83. The fourth-order valence-electron chi connectivity index (χ4n) is 2.92. The number of piperazine rings is 1. The number of ether oxygens (including phenoxy) is 2. The molecule has 1 aromatic carbocycles. The molecule has 1 fully saturated rings. The van der Waals surface area contributed by atoms with E-state index in [4.69, 9.17) is 4.74 Å². The van der Waals surface area contributed by atoms with E-state index in [2.05, 4.69) is 23.9 Å². The van der Waals surface area contributed by atoms with Gasteiger partial charge in [0.25, 0.3) is 5.91 Å². The molecule has 26 heavy (non-hydrogen) atoms. The monoisotopic (exact) mass is 362 g/mol. The van der Waals surface area contributed by atoms with E-state index in [1.165, 1.54) is 12.0 Å². The van der Waals surface area contributed by atoms with E-state index in [0.717, 1.165) is 12.0 Å². The van der Waals surface area contributed by atoms with Crippen molar-refractivity contribution in [2.24, 2.45) is 0 Å². The van der Waals surface area contributed by atoms with Crippen LogP contribution >= 0.6 is 0 Å². The fraction of sp³-hybridized carbons (Fsp3) is 0.526. The highest BCUT2D eigenvalue weighted by Crippen LogP contribution is 2.28. The molecule has 0 saturated carbocycles. The highest BCUT2D eigenvalue weighted by Gasteiger charge is 2.35. The number of rotatable bonds is 7. The second-order valence-corrected chi connectivity index (χ2v) is 6.31. The Morgan fingerprint density at radius 3 is 2.77 bits per heavy atom. The number of nitrogens with one attached hydrogen (secondary N) is 1. The Labute approximate surface area is 153 Å². The average molecular weight is 362 g/mol. The number of nitrogens with zero attached hydrogens (tertiary/aromatic N) is 1. The number of esters is 1. The van der Waals surface area contributed by atoms with Gasteiger partial charge in [-0.05, 0) is 24.0 Å².